The number of hydrogen-bond acceptors (Lipinski definition) is 8. The van der Waals surface area contributed by atoms with E-state index in [1.807, 2.05) is 0 Å². The van der Waals surface area contributed by atoms with E-state index in [1.165, 1.54) is 39.3 Å². The summed E-state index contributed by atoms with van der Waals surface area (Å²) >= 11 is 4.17. The van der Waals surface area contributed by atoms with Crippen molar-refractivity contribution in [2.45, 2.75) is 78.3 Å². The van der Waals surface area contributed by atoms with Crippen LogP contribution in [0, 0.1) is 0 Å². The van der Waals surface area contributed by atoms with Crippen LogP contribution in [-0.2, 0) is 55.7 Å². The number of ether oxygens (including phenoxy) is 4. The summed E-state index contributed by atoms with van der Waals surface area (Å²) in [5, 5.41) is 0. The third kappa shape index (κ3) is 11.2. The van der Waals surface area contributed by atoms with E-state index in [-0.39, 0.29) is 22.4 Å². The van der Waals surface area contributed by atoms with E-state index in [2.05, 4.69) is 33.4 Å². The molecule has 1 aliphatic heterocycles. The summed E-state index contributed by atoms with van der Waals surface area (Å²) in [6, 6.07) is 0. The molecule has 0 radical (unpaired) electrons. The van der Waals surface area contributed by atoms with Gasteiger partial charge in [-0.25, -0.2) is 0 Å². The minimum absolute atomic E-state index is 0. The molecule has 0 spiro atoms. The van der Waals surface area contributed by atoms with Crippen molar-refractivity contribution in [2.24, 2.45) is 0 Å². The Morgan fingerprint density at radius 2 is 1.18 bits per heavy atom. The Kier molecular flexibility index (Phi) is 16.9. The van der Waals surface area contributed by atoms with Crippen LogP contribution in [0.4, 0.5) is 0 Å². The second-order valence-electron chi connectivity index (χ2n) is 6.07. The molecule has 1 fully saturated rings. The van der Waals surface area contributed by atoms with Crippen LogP contribution in [0.3, 0.4) is 0 Å². The molecule has 28 heavy (non-hydrogen) atoms. The average molecular weight is 621 g/mol. The van der Waals surface area contributed by atoms with Gasteiger partial charge in [0.2, 0.25) is 0 Å². The summed E-state index contributed by atoms with van der Waals surface area (Å²) in [5.41, 5.74) is -0.787. The topological polar surface area (TPSA) is 88.1 Å². The molecule has 1 rings (SSSR count). The summed E-state index contributed by atoms with van der Waals surface area (Å²) in [4.78, 5) is 33.5. The van der Waals surface area contributed by atoms with Crippen molar-refractivity contribution in [2.75, 3.05) is 18.5 Å². The zero-order valence-corrected chi connectivity index (χ0v) is 21.5. The van der Waals surface area contributed by atoms with Crippen LogP contribution in [0.2, 0.25) is 0 Å². The molecule has 7 nitrogen and oxygen atoms in total. The summed E-state index contributed by atoms with van der Waals surface area (Å²) in [6.45, 7) is 12.2. The average Bonchev–Trinajstić information content (AvgIpc) is 2.56. The Morgan fingerprint density at radius 1 is 0.821 bits per heavy atom. The molecule has 0 bridgehead atoms. The first-order valence-corrected chi connectivity index (χ1v) is 11.6. The molecule has 0 aliphatic carbocycles. The number of carbonyl (C=O) groups is 3. The smallest absolute Gasteiger partial charge is 0.456 e. The molecule has 0 aromatic rings. The molecule has 10 heteroatoms. The molecule has 0 amide bonds. The number of hydrogen-bond donors (Lipinski definition) is 1. The van der Waals surface area contributed by atoms with Crippen molar-refractivity contribution in [1.82, 2.24) is 0 Å². The van der Waals surface area contributed by atoms with Gasteiger partial charge < -0.3 is 18.9 Å². The normalized spacial score (nSPS) is 26.2. The van der Waals surface area contributed by atoms with Crippen molar-refractivity contribution in [3.05, 3.63) is 0 Å². The number of esters is 3. The fourth-order valence-corrected chi connectivity index (χ4v) is 4.42. The molecule has 1 saturated heterocycles. The second kappa shape index (κ2) is 15.7. The molecule has 0 N–H and O–H groups in total. The quantitative estimate of drug-likeness (QED) is 0.161. The summed E-state index contributed by atoms with van der Waals surface area (Å²) < 4.78 is 20.8. The van der Waals surface area contributed by atoms with E-state index in [9.17, 15) is 14.4 Å². The zero-order valence-electron chi connectivity index (χ0n) is 17.6. The SMILES string of the molecule is CC(=O)O[C@@H]1[C@H](OC(C)=O)[C@H](C)O[C@H](S)[C@H]1OC(C)=O.CCP(CC)CC.[Au+3]. The number of rotatable bonds is 6. The van der Waals surface area contributed by atoms with Crippen LogP contribution >= 0.6 is 20.6 Å². The molecular weight excluding hydrogens is 588 g/mol. The van der Waals surface area contributed by atoms with Crippen molar-refractivity contribution >= 4 is 38.5 Å². The predicted octanol–water partition coefficient (Wildman–Crippen LogP) is 2.98. The van der Waals surface area contributed by atoms with E-state index in [0.29, 0.717) is 7.92 Å². The van der Waals surface area contributed by atoms with Crippen LogP contribution in [0.1, 0.15) is 48.5 Å². The van der Waals surface area contributed by atoms with Crippen molar-refractivity contribution in [3.63, 3.8) is 0 Å². The molecule has 0 unspecified atom stereocenters. The Labute approximate surface area is 190 Å². The van der Waals surface area contributed by atoms with E-state index < -0.39 is 47.8 Å². The van der Waals surface area contributed by atoms with E-state index in [1.54, 1.807) is 6.92 Å². The monoisotopic (exact) mass is 621 g/mol. The maximum atomic E-state index is 11.2. The van der Waals surface area contributed by atoms with Crippen LogP contribution in [0.15, 0.2) is 0 Å². The minimum atomic E-state index is -0.966. The second-order valence-corrected chi connectivity index (χ2v) is 9.82. The van der Waals surface area contributed by atoms with E-state index in [4.69, 9.17) is 18.9 Å². The fraction of sp³-hybridized carbons (Fsp3) is 0.833. The van der Waals surface area contributed by atoms with Crippen molar-refractivity contribution in [3.8, 4) is 0 Å². The van der Waals surface area contributed by atoms with Gasteiger partial charge in [-0.1, -0.05) is 20.8 Å². The Hall–Kier alpha value is -0.110. The maximum Gasteiger partial charge on any atom is 3.00 e. The third-order valence-electron chi connectivity index (χ3n) is 3.99. The molecule has 0 aromatic carbocycles. The van der Waals surface area contributed by atoms with Gasteiger partial charge in [-0.3, -0.25) is 14.4 Å². The zero-order chi connectivity index (χ0) is 21.1. The summed E-state index contributed by atoms with van der Waals surface area (Å²) in [5.74, 6) is -1.72. The predicted molar refractivity (Wildman–Crippen MR) is 109 cm³/mol. The van der Waals surface area contributed by atoms with Gasteiger partial charge in [0.25, 0.3) is 0 Å². The van der Waals surface area contributed by atoms with Crippen molar-refractivity contribution in [1.29, 1.82) is 0 Å². The van der Waals surface area contributed by atoms with Gasteiger partial charge in [-0.15, -0.1) is 20.6 Å². The number of thiol groups is 1. The van der Waals surface area contributed by atoms with Gasteiger partial charge in [0, 0.05) is 20.8 Å². The molecule has 0 aromatic heterocycles. The molecule has 5 atom stereocenters. The molecule has 0 saturated carbocycles. The Morgan fingerprint density at radius 3 is 1.50 bits per heavy atom. The van der Waals surface area contributed by atoms with Gasteiger partial charge in [-0.05, 0) is 25.4 Å². The van der Waals surface area contributed by atoms with Gasteiger partial charge in [0.1, 0.15) is 5.44 Å². The first-order chi connectivity index (χ1) is 12.6. The molecule has 1 heterocycles. The summed E-state index contributed by atoms with van der Waals surface area (Å²) in [6.07, 6.45) is 0.904. The number of carbonyl (C=O) groups excluding carboxylic acids is 3. The fourth-order valence-electron chi connectivity index (χ4n) is 2.66. The van der Waals surface area contributed by atoms with Gasteiger partial charge in [0.05, 0.1) is 6.10 Å². The summed E-state index contributed by atoms with van der Waals surface area (Å²) in [7, 11) is 0.446. The van der Waals surface area contributed by atoms with E-state index in [0.717, 1.165) is 0 Å². The Balaban J connectivity index is 0. The van der Waals surface area contributed by atoms with Crippen molar-refractivity contribution < 1.29 is 55.7 Å². The van der Waals surface area contributed by atoms with Gasteiger partial charge in [0.15, 0.2) is 18.3 Å². The van der Waals surface area contributed by atoms with E-state index >= 15 is 0 Å². The van der Waals surface area contributed by atoms with Crippen LogP contribution in [-0.4, -0.2) is 66.2 Å². The molecular formula is C18H33AuO7PS+3. The maximum absolute atomic E-state index is 11.2. The first-order valence-electron chi connectivity index (χ1n) is 9.14. The Bertz CT molecular complexity index is 457. The minimum Gasteiger partial charge on any atom is -0.456 e. The van der Waals surface area contributed by atoms with Crippen LogP contribution in [0.5, 0.6) is 0 Å². The van der Waals surface area contributed by atoms with Crippen LogP contribution < -0.4 is 0 Å². The standard InChI is InChI=1S/C12H18O7S.C6H15P.Au/c1-5-9(17-6(2)13)10(18-7(3)14)11(12(20)16-5)19-8(4)15;1-4-7(5-2)6-3;/h5,9-12,20H,1-4H3;4-6H2,1-3H3;/q;;+3/t5-,9+,10+,11-,12+;;/m0../s1. The third-order valence-corrected chi connectivity index (χ3v) is 7.09. The first kappa shape index (κ1) is 30.1. The van der Waals surface area contributed by atoms with Crippen LogP contribution in [0.25, 0.3) is 0 Å². The largest absolute Gasteiger partial charge is 3.00 e. The molecule has 166 valence electrons. The van der Waals surface area contributed by atoms with Gasteiger partial charge >= 0.3 is 40.3 Å². The molecule has 1 aliphatic rings. The van der Waals surface area contributed by atoms with Gasteiger partial charge in [-0.2, -0.15) is 0 Å².